The SMILES string of the molecule is Cc1c(NC(=O)C2CCCCCN2C)cccc1C(=O)N(C)C.O=CO. The summed E-state index contributed by atoms with van der Waals surface area (Å²) < 4.78 is 0. The first kappa shape index (κ1) is 21.6. The van der Waals surface area contributed by atoms with Crippen molar-refractivity contribution in [3.63, 3.8) is 0 Å². The molecule has 0 spiro atoms. The highest BCUT2D eigenvalue weighted by atomic mass is 16.3. The maximum absolute atomic E-state index is 12.6. The van der Waals surface area contributed by atoms with Crippen molar-refractivity contribution in [2.75, 3.05) is 33.0 Å². The summed E-state index contributed by atoms with van der Waals surface area (Å²) in [5, 5.41) is 9.91. The Labute approximate surface area is 155 Å². The molecule has 1 aliphatic heterocycles. The number of carbonyl (C=O) groups excluding carboxylic acids is 2. The number of carboxylic acid groups (broad SMARTS) is 1. The van der Waals surface area contributed by atoms with Gasteiger partial charge in [0.1, 0.15) is 0 Å². The summed E-state index contributed by atoms with van der Waals surface area (Å²) in [6.07, 6.45) is 4.30. The molecule has 1 aliphatic rings. The van der Waals surface area contributed by atoms with E-state index in [1.54, 1.807) is 25.1 Å². The van der Waals surface area contributed by atoms with Crippen LogP contribution in [-0.2, 0) is 9.59 Å². The summed E-state index contributed by atoms with van der Waals surface area (Å²) >= 11 is 0. The van der Waals surface area contributed by atoms with E-state index >= 15 is 0 Å². The first-order chi connectivity index (χ1) is 12.3. The Morgan fingerprint density at radius 1 is 1.27 bits per heavy atom. The van der Waals surface area contributed by atoms with Crippen LogP contribution < -0.4 is 5.32 Å². The van der Waals surface area contributed by atoms with E-state index in [-0.39, 0.29) is 24.3 Å². The molecule has 0 aliphatic carbocycles. The third kappa shape index (κ3) is 5.84. The van der Waals surface area contributed by atoms with Gasteiger partial charge in [-0.2, -0.15) is 0 Å². The number of likely N-dealkylation sites (tertiary alicyclic amines) is 1. The van der Waals surface area contributed by atoms with Gasteiger partial charge in [-0.05, 0) is 51.1 Å². The molecule has 0 saturated carbocycles. The van der Waals surface area contributed by atoms with Gasteiger partial charge in [0.05, 0.1) is 6.04 Å². The lowest BCUT2D eigenvalue weighted by atomic mass is 10.0. The Morgan fingerprint density at radius 2 is 1.92 bits per heavy atom. The number of hydrogen-bond acceptors (Lipinski definition) is 4. The van der Waals surface area contributed by atoms with E-state index in [2.05, 4.69) is 10.2 Å². The highest BCUT2D eigenvalue weighted by molar-refractivity contribution is 6.00. The molecular weight excluding hydrogens is 334 g/mol. The summed E-state index contributed by atoms with van der Waals surface area (Å²) in [4.78, 5) is 36.9. The van der Waals surface area contributed by atoms with Crippen LogP contribution in [0.3, 0.4) is 0 Å². The summed E-state index contributed by atoms with van der Waals surface area (Å²) in [6.45, 7) is 2.58. The maximum atomic E-state index is 12.6. The Kier molecular flexibility index (Phi) is 8.78. The number of hydrogen-bond donors (Lipinski definition) is 2. The van der Waals surface area contributed by atoms with E-state index in [1.807, 2.05) is 26.1 Å². The highest BCUT2D eigenvalue weighted by Crippen LogP contribution is 2.22. The van der Waals surface area contributed by atoms with Crippen LogP contribution in [-0.4, -0.2) is 66.9 Å². The molecule has 1 aromatic carbocycles. The van der Waals surface area contributed by atoms with E-state index in [9.17, 15) is 9.59 Å². The van der Waals surface area contributed by atoms with Crippen molar-refractivity contribution < 1.29 is 19.5 Å². The molecule has 26 heavy (non-hydrogen) atoms. The van der Waals surface area contributed by atoms with Crippen molar-refractivity contribution in [3.8, 4) is 0 Å². The lowest BCUT2D eigenvalue weighted by molar-refractivity contribution is -0.123. The molecule has 1 aromatic rings. The van der Waals surface area contributed by atoms with Crippen molar-refractivity contribution in [3.05, 3.63) is 29.3 Å². The van der Waals surface area contributed by atoms with Crippen LogP contribution in [0.4, 0.5) is 5.69 Å². The van der Waals surface area contributed by atoms with Crippen molar-refractivity contribution >= 4 is 24.0 Å². The molecule has 7 nitrogen and oxygen atoms in total. The van der Waals surface area contributed by atoms with Gasteiger partial charge in [0.15, 0.2) is 0 Å². The topological polar surface area (TPSA) is 90.0 Å². The zero-order valence-corrected chi connectivity index (χ0v) is 16.0. The molecule has 0 aromatic heterocycles. The second kappa shape index (κ2) is 10.6. The zero-order valence-electron chi connectivity index (χ0n) is 16.0. The number of anilines is 1. The number of nitrogens with one attached hydrogen (secondary N) is 1. The van der Waals surface area contributed by atoms with Gasteiger partial charge in [-0.25, -0.2) is 0 Å². The van der Waals surface area contributed by atoms with Gasteiger partial charge in [-0.15, -0.1) is 0 Å². The van der Waals surface area contributed by atoms with Gasteiger partial charge >= 0.3 is 0 Å². The fourth-order valence-electron chi connectivity index (χ4n) is 3.04. The molecule has 0 bridgehead atoms. The van der Waals surface area contributed by atoms with Crippen LogP contribution in [0.15, 0.2) is 18.2 Å². The van der Waals surface area contributed by atoms with E-state index in [0.29, 0.717) is 5.56 Å². The standard InChI is InChI=1S/C18H27N3O2.CH2O2/c1-13-14(18(23)20(2)3)9-8-10-15(13)19-17(22)16-11-6-5-7-12-21(16)4;2-1-3/h8-10,16H,5-7,11-12H2,1-4H3,(H,19,22);1H,(H,2,3). The minimum absolute atomic E-state index is 0.0203. The van der Waals surface area contributed by atoms with Gasteiger partial charge in [0.2, 0.25) is 5.91 Å². The number of amides is 2. The van der Waals surface area contributed by atoms with Crippen molar-refractivity contribution in [1.82, 2.24) is 9.80 Å². The second-order valence-corrected chi connectivity index (χ2v) is 6.62. The summed E-state index contributed by atoms with van der Waals surface area (Å²) in [5.41, 5.74) is 2.16. The van der Waals surface area contributed by atoms with Crippen LogP contribution in [0.2, 0.25) is 0 Å². The smallest absolute Gasteiger partial charge is 0.290 e. The average Bonchev–Trinajstić information content (AvgIpc) is 2.81. The van der Waals surface area contributed by atoms with E-state index in [4.69, 9.17) is 9.90 Å². The number of nitrogens with zero attached hydrogens (tertiary/aromatic N) is 2. The number of benzene rings is 1. The monoisotopic (exact) mass is 363 g/mol. The maximum Gasteiger partial charge on any atom is 0.290 e. The number of rotatable bonds is 3. The van der Waals surface area contributed by atoms with Crippen molar-refractivity contribution in [2.24, 2.45) is 0 Å². The predicted octanol–water partition coefficient (Wildman–Crippen LogP) is 2.21. The van der Waals surface area contributed by atoms with Crippen LogP contribution in [0, 0.1) is 6.92 Å². The summed E-state index contributed by atoms with van der Waals surface area (Å²) in [6, 6.07) is 5.38. The summed E-state index contributed by atoms with van der Waals surface area (Å²) in [7, 11) is 5.47. The predicted molar refractivity (Wildman–Crippen MR) is 101 cm³/mol. The van der Waals surface area contributed by atoms with Crippen LogP contribution >= 0.6 is 0 Å². The quantitative estimate of drug-likeness (QED) is 0.804. The lowest BCUT2D eigenvalue weighted by Gasteiger charge is -2.25. The normalized spacial score (nSPS) is 17.3. The lowest BCUT2D eigenvalue weighted by Crippen LogP contribution is -2.41. The van der Waals surface area contributed by atoms with E-state index in [1.165, 1.54) is 6.42 Å². The fraction of sp³-hybridized carbons (Fsp3) is 0.526. The second-order valence-electron chi connectivity index (χ2n) is 6.62. The van der Waals surface area contributed by atoms with Gasteiger partial charge < -0.3 is 15.3 Å². The van der Waals surface area contributed by atoms with Crippen LogP contribution in [0.1, 0.15) is 41.6 Å². The molecule has 2 rings (SSSR count). The van der Waals surface area contributed by atoms with Crippen molar-refractivity contribution in [1.29, 1.82) is 0 Å². The van der Waals surface area contributed by atoms with Gasteiger partial charge in [-0.3, -0.25) is 19.3 Å². The minimum atomic E-state index is -0.250. The first-order valence-electron chi connectivity index (χ1n) is 8.73. The zero-order chi connectivity index (χ0) is 19.7. The molecule has 1 atom stereocenters. The summed E-state index contributed by atoms with van der Waals surface area (Å²) in [5.74, 6) is -0.0304. The molecule has 1 heterocycles. The number of likely N-dealkylation sites (N-methyl/N-ethyl adjacent to an activating group) is 1. The van der Waals surface area contributed by atoms with E-state index in [0.717, 1.165) is 37.1 Å². The molecule has 7 heteroatoms. The molecule has 1 fully saturated rings. The molecule has 2 amide bonds. The Morgan fingerprint density at radius 3 is 2.54 bits per heavy atom. The molecular formula is C19H29N3O4. The van der Waals surface area contributed by atoms with Crippen LogP contribution in [0.5, 0.6) is 0 Å². The molecule has 0 radical (unpaired) electrons. The largest absolute Gasteiger partial charge is 0.483 e. The highest BCUT2D eigenvalue weighted by Gasteiger charge is 2.25. The van der Waals surface area contributed by atoms with E-state index < -0.39 is 0 Å². The van der Waals surface area contributed by atoms with Gasteiger partial charge in [0, 0.05) is 25.3 Å². The third-order valence-corrected chi connectivity index (χ3v) is 4.55. The first-order valence-corrected chi connectivity index (χ1v) is 8.73. The minimum Gasteiger partial charge on any atom is -0.483 e. The molecule has 1 unspecified atom stereocenters. The Balaban J connectivity index is 0.00000105. The molecule has 1 saturated heterocycles. The average molecular weight is 363 g/mol. The number of carbonyl (C=O) groups is 3. The Bertz CT molecular complexity index is 631. The Hall–Kier alpha value is -2.41. The van der Waals surface area contributed by atoms with Crippen LogP contribution in [0.25, 0.3) is 0 Å². The van der Waals surface area contributed by atoms with Gasteiger partial charge in [0.25, 0.3) is 12.4 Å². The molecule has 144 valence electrons. The fourth-order valence-corrected chi connectivity index (χ4v) is 3.04. The van der Waals surface area contributed by atoms with Crippen molar-refractivity contribution in [2.45, 2.75) is 38.6 Å². The molecule has 2 N–H and O–H groups in total. The van der Waals surface area contributed by atoms with Gasteiger partial charge in [-0.1, -0.05) is 18.9 Å². The third-order valence-electron chi connectivity index (χ3n) is 4.55.